The molecule has 65 heavy (non-hydrogen) atoms. The molecule has 2 aromatic carbocycles. The van der Waals surface area contributed by atoms with E-state index in [4.69, 9.17) is 18.9 Å². The number of ether oxygens (including phenoxy) is 4. The number of benzene rings is 2. The number of hydrogen-bond donors (Lipinski definition) is 2. The molecular weight excluding hydrogens is 834 g/mol. The first-order valence-corrected chi connectivity index (χ1v) is 23.3. The van der Waals surface area contributed by atoms with Crippen molar-refractivity contribution in [3.63, 3.8) is 0 Å². The Hall–Kier alpha value is -5.28. The highest BCUT2D eigenvalue weighted by molar-refractivity contribution is 5.97. The van der Waals surface area contributed by atoms with Gasteiger partial charge in [-0.3, -0.25) is 19.0 Å². The molecule has 0 radical (unpaired) electrons. The summed E-state index contributed by atoms with van der Waals surface area (Å²) in [5.41, 5.74) is 1.02. The molecule has 3 atom stereocenters. The van der Waals surface area contributed by atoms with E-state index in [2.05, 4.69) is 27.2 Å². The lowest BCUT2D eigenvalue weighted by atomic mass is 9.78. The van der Waals surface area contributed by atoms with Crippen molar-refractivity contribution in [3.8, 4) is 5.75 Å². The molecule has 1 aliphatic heterocycles. The van der Waals surface area contributed by atoms with Gasteiger partial charge in [0.1, 0.15) is 30.8 Å². The van der Waals surface area contributed by atoms with Gasteiger partial charge in [-0.25, -0.2) is 9.78 Å². The molecule has 2 N–H and O–H groups in total. The van der Waals surface area contributed by atoms with Crippen LogP contribution in [0.3, 0.4) is 0 Å². The van der Waals surface area contributed by atoms with Gasteiger partial charge in [-0.05, 0) is 50.5 Å². The molecule has 1 saturated heterocycles. The van der Waals surface area contributed by atoms with E-state index in [1.54, 1.807) is 37.3 Å². The van der Waals surface area contributed by atoms with Crippen LogP contribution < -0.4 is 10.1 Å². The second-order valence-corrected chi connectivity index (χ2v) is 18.3. The monoisotopic (exact) mass is 902 g/mol. The third-order valence-electron chi connectivity index (χ3n) is 12.1. The van der Waals surface area contributed by atoms with Gasteiger partial charge in [0.25, 0.3) is 0 Å². The molecule has 0 bridgehead atoms. The van der Waals surface area contributed by atoms with Crippen molar-refractivity contribution in [2.75, 3.05) is 11.9 Å². The van der Waals surface area contributed by atoms with E-state index in [0.29, 0.717) is 23.3 Å². The standard InChI is InChI=1S/C50H68FN5O9/c1-8-9-10-11-12-13-14-15-16-17-18-19-20-25-42(60)62-30-36-23-21-22-24-37(36)47(61)63-31-50(7)39(58)28-41(65-50)56-32-52-44-45(54-48(51)55-46(44)56)53-40(59)29-49(5,6)43-34(3)26-33(2)27-38(43)64-35(4)57/h21-24,26-27,32,39,41,58H,8-20,25,28-31H2,1-7H3,(H,53,54,55,59)/t39-,41+,50+/m0/s1. The zero-order valence-electron chi connectivity index (χ0n) is 39.3. The zero-order valence-corrected chi connectivity index (χ0v) is 39.3. The Morgan fingerprint density at radius 3 is 2.25 bits per heavy atom. The van der Waals surface area contributed by atoms with E-state index in [1.807, 2.05) is 33.8 Å². The Labute approximate surface area is 382 Å². The van der Waals surface area contributed by atoms with Crippen LogP contribution in [0.25, 0.3) is 11.2 Å². The van der Waals surface area contributed by atoms with Gasteiger partial charge in [-0.15, -0.1) is 0 Å². The van der Waals surface area contributed by atoms with Crippen LogP contribution in [0.1, 0.15) is 176 Å². The van der Waals surface area contributed by atoms with E-state index >= 15 is 4.39 Å². The number of fused-ring (bicyclic) bond motifs is 1. The average Bonchev–Trinajstić information content (AvgIpc) is 3.79. The predicted octanol–water partition coefficient (Wildman–Crippen LogP) is 10.2. The molecule has 0 aliphatic carbocycles. The molecule has 354 valence electrons. The van der Waals surface area contributed by atoms with Crippen LogP contribution in [-0.2, 0) is 40.6 Å². The number of aliphatic hydroxyl groups excluding tert-OH is 1. The number of amides is 1. The van der Waals surface area contributed by atoms with E-state index in [9.17, 15) is 24.3 Å². The molecule has 1 amide bonds. The maximum atomic E-state index is 15.0. The first-order valence-electron chi connectivity index (χ1n) is 23.3. The molecule has 3 heterocycles. The molecule has 5 rings (SSSR count). The number of rotatable bonds is 25. The normalized spacial score (nSPS) is 17.3. The van der Waals surface area contributed by atoms with Gasteiger partial charge < -0.3 is 29.4 Å². The lowest BCUT2D eigenvalue weighted by molar-refractivity contribution is -0.145. The Kier molecular flexibility index (Phi) is 18.5. The molecule has 0 spiro atoms. The van der Waals surface area contributed by atoms with Gasteiger partial charge in [0.15, 0.2) is 17.0 Å². The van der Waals surface area contributed by atoms with E-state index in [1.165, 1.54) is 82.0 Å². The second kappa shape index (κ2) is 23.8. The number of halogens is 1. The number of carbonyl (C=O) groups excluding carboxylic acids is 4. The van der Waals surface area contributed by atoms with E-state index in [0.717, 1.165) is 30.4 Å². The largest absolute Gasteiger partial charge is 0.461 e. The minimum Gasteiger partial charge on any atom is -0.461 e. The van der Waals surface area contributed by atoms with Crippen molar-refractivity contribution in [2.24, 2.45) is 0 Å². The SMILES string of the molecule is CCCCCCCCCCCCCCCC(=O)OCc1ccccc1C(=O)OC[C@@]1(C)O[C@@H](n2cnc3c(NC(=O)CC(C)(C)c4c(C)cc(C)cc4OC(C)=O)nc(F)nc32)C[C@@H]1O. The third kappa shape index (κ3) is 14.4. The minimum atomic E-state index is -1.38. The summed E-state index contributed by atoms with van der Waals surface area (Å²) in [4.78, 5) is 63.6. The highest BCUT2D eigenvalue weighted by atomic mass is 19.1. The Morgan fingerprint density at radius 1 is 0.938 bits per heavy atom. The molecule has 2 aromatic heterocycles. The molecule has 0 unspecified atom stereocenters. The van der Waals surface area contributed by atoms with Crippen molar-refractivity contribution >= 4 is 40.8 Å². The van der Waals surface area contributed by atoms with Gasteiger partial charge in [0, 0.05) is 42.7 Å². The van der Waals surface area contributed by atoms with Crippen molar-refractivity contribution in [3.05, 3.63) is 76.6 Å². The van der Waals surface area contributed by atoms with Crippen LogP contribution >= 0.6 is 0 Å². The molecular formula is C50H68FN5O9. The van der Waals surface area contributed by atoms with Crippen molar-refractivity contribution in [1.82, 2.24) is 19.5 Å². The second-order valence-electron chi connectivity index (χ2n) is 18.3. The highest BCUT2D eigenvalue weighted by Gasteiger charge is 2.47. The summed E-state index contributed by atoms with van der Waals surface area (Å²) in [7, 11) is 0. The van der Waals surface area contributed by atoms with E-state index in [-0.39, 0.29) is 54.6 Å². The lowest BCUT2D eigenvalue weighted by Gasteiger charge is -2.29. The summed E-state index contributed by atoms with van der Waals surface area (Å²) in [5.74, 6) is -1.78. The number of hydrogen-bond acceptors (Lipinski definition) is 12. The number of aliphatic hydroxyl groups is 1. The molecule has 14 nitrogen and oxygen atoms in total. The number of aryl methyl sites for hydroxylation is 2. The molecule has 0 saturated carbocycles. The van der Waals surface area contributed by atoms with Crippen molar-refractivity contribution < 1.29 is 47.6 Å². The molecule has 4 aromatic rings. The Morgan fingerprint density at radius 2 is 1.58 bits per heavy atom. The number of anilines is 1. The number of unbranched alkanes of at least 4 members (excludes halogenated alkanes) is 12. The highest BCUT2D eigenvalue weighted by Crippen LogP contribution is 2.40. The number of nitrogens with zero attached hydrogens (tertiary/aromatic N) is 4. The summed E-state index contributed by atoms with van der Waals surface area (Å²) in [6, 6.07) is 10.4. The molecule has 1 fully saturated rings. The summed E-state index contributed by atoms with van der Waals surface area (Å²) in [6.07, 6.45) is 14.3. The quantitative estimate of drug-likeness (QED) is 0.0278. The zero-order chi connectivity index (χ0) is 47.1. The smallest absolute Gasteiger partial charge is 0.338 e. The van der Waals surface area contributed by atoms with Crippen LogP contribution in [-0.4, -0.2) is 66.8 Å². The van der Waals surface area contributed by atoms with Crippen LogP contribution in [0.2, 0.25) is 0 Å². The Balaban J connectivity index is 1.12. The van der Waals surface area contributed by atoms with Crippen molar-refractivity contribution in [1.29, 1.82) is 0 Å². The number of aromatic nitrogens is 4. The number of imidazole rings is 1. The summed E-state index contributed by atoms with van der Waals surface area (Å²) in [6.45, 7) is 12.2. The minimum absolute atomic E-state index is 0.00888. The average molecular weight is 902 g/mol. The van der Waals surface area contributed by atoms with Gasteiger partial charge in [-0.2, -0.15) is 14.4 Å². The van der Waals surface area contributed by atoms with Gasteiger partial charge >= 0.3 is 24.0 Å². The van der Waals surface area contributed by atoms with Crippen molar-refractivity contribution in [2.45, 2.75) is 181 Å². The predicted molar refractivity (Wildman–Crippen MR) is 245 cm³/mol. The van der Waals surface area contributed by atoms with E-state index < -0.39 is 47.3 Å². The third-order valence-corrected chi connectivity index (χ3v) is 12.1. The summed E-state index contributed by atoms with van der Waals surface area (Å²) < 4.78 is 39.5. The fourth-order valence-corrected chi connectivity index (χ4v) is 8.71. The van der Waals surface area contributed by atoms with Crippen LogP contribution in [0, 0.1) is 19.9 Å². The molecule has 15 heteroatoms. The lowest BCUT2D eigenvalue weighted by Crippen LogP contribution is -2.41. The van der Waals surface area contributed by atoms with Gasteiger partial charge in [-0.1, -0.05) is 122 Å². The number of carbonyl (C=O) groups is 4. The fraction of sp³-hybridized carbons (Fsp3) is 0.580. The maximum absolute atomic E-state index is 15.0. The van der Waals surface area contributed by atoms with Crippen LogP contribution in [0.15, 0.2) is 42.7 Å². The van der Waals surface area contributed by atoms with Crippen LogP contribution in [0.5, 0.6) is 5.75 Å². The molecule has 1 aliphatic rings. The fourth-order valence-electron chi connectivity index (χ4n) is 8.71. The van der Waals surface area contributed by atoms with Gasteiger partial charge in [0.2, 0.25) is 5.91 Å². The summed E-state index contributed by atoms with van der Waals surface area (Å²) in [5, 5.41) is 13.9. The maximum Gasteiger partial charge on any atom is 0.338 e. The summed E-state index contributed by atoms with van der Waals surface area (Å²) >= 11 is 0. The Bertz CT molecular complexity index is 2260. The number of nitrogens with one attached hydrogen (secondary N) is 1. The topological polar surface area (TPSA) is 181 Å². The first-order chi connectivity index (χ1) is 31.0. The first kappa shape index (κ1) is 50.7. The van der Waals surface area contributed by atoms with Gasteiger partial charge in [0.05, 0.1) is 18.0 Å². The number of esters is 3. The van der Waals surface area contributed by atoms with Crippen LogP contribution in [0.4, 0.5) is 10.2 Å².